The highest BCUT2D eigenvalue weighted by molar-refractivity contribution is 7.71. The van der Waals surface area contributed by atoms with Crippen LogP contribution in [0.2, 0.25) is 0 Å². The number of hydrogen-bond donors (Lipinski definition) is 2. The summed E-state index contributed by atoms with van der Waals surface area (Å²) in [5.41, 5.74) is 2.40. The van der Waals surface area contributed by atoms with Gasteiger partial charge in [-0.05, 0) is 42.5 Å². The fraction of sp³-hybridized carbons (Fsp3) is 0.160. The van der Waals surface area contributed by atoms with Gasteiger partial charge in [-0.25, -0.2) is 0 Å². The summed E-state index contributed by atoms with van der Waals surface area (Å²) in [5, 5.41) is 3.33. The third-order valence-corrected chi connectivity index (χ3v) is 5.72. The molecular weight excluding hydrogens is 438 g/mol. The molecule has 1 heterocycles. The highest BCUT2D eigenvalue weighted by Crippen LogP contribution is 2.19. The molecule has 0 aliphatic heterocycles. The van der Waals surface area contributed by atoms with E-state index in [0.717, 1.165) is 11.1 Å². The second-order valence-corrected chi connectivity index (χ2v) is 7.77. The molecule has 4 rings (SSSR count). The van der Waals surface area contributed by atoms with E-state index in [9.17, 15) is 9.59 Å². The molecule has 1 aromatic heterocycles. The van der Waals surface area contributed by atoms with Gasteiger partial charge in [0, 0.05) is 23.2 Å². The van der Waals surface area contributed by atoms with Crippen LogP contribution in [0.4, 0.5) is 0 Å². The number of amides is 1. The number of nitrogens with zero attached hydrogens (tertiary/aromatic N) is 1. The molecule has 4 aromatic rings. The number of aromatic nitrogens is 2. The predicted octanol–water partition coefficient (Wildman–Crippen LogP) is 4.05. The summed E-state index contributed by atoms with van der Waals surface area (Å²) in [5.74, 6) is 1.12. The van der Waals surface area contributed by atoms with Gasteiger partial charge in [-0.2, -0.15) is 0 Å². The Hall–Kier alpha value is -3.91. The molecular formula is C25H23N3O4S. The first-order valence-electron chi connectivity index (χ1n) is 10.3. The van der Waals surface area contributed by atoms with Crippen molar-refractivity contribution in [1.29, 1.82) is 0 Å². The van der Waals surface area contributed by atoms with E-state index >= 15 is 0 Å². The van der Waals surface area contributed by atoms with Gasteiger partial charge in [0.25, 0.3) is 11.5 Å². The van der Waals surface area contributed by atoms with Gasteiger partial charge in [-0.3, -0.25) is 14.2 Å². The van der Waals surface area contributed by atoms with Crippen molar-refractivity contribution in [3.8, 4) is 11.5 Å². The van der Waals surface area contributed by atoms with E-state index in [-0.39, 0.29) is 22.8 Å². The third-order valence-electron chi connectivity index (χ3n) is 5.40. The number of ether oxygens (including phenoxy) is 2. The SMILES string of the molecule is COc1ccccc1CNC(=O)c1ccc2c(=O)n(Cc3ccccc3OC)c(=S)[nH]c2c1. The zero-order valence-corrected chi connectivity index (χ0v) is 19.1. The predicted molar refractivity (Wildman–Crippen MR) is 130 cm³/mol. The molecule has 3 aromatic carbocycles. The summed E-state index contributed by atoms with van der Waals surface area (Å²) < 4.78 is 12.5. The van der Waals surface area contributed by atoms with Crippen molar-refractivity contribution < 1.29 is 14.3 Å². The van der Waals surface area contributed by atoms with Crippen LogP contribution in [0.1, 0.15) is 21.5 Å². The molecule has 0 atom stereocenters. The van der Waals surface area contributed by atoms with Crippen molar-refractivity contribution in [1.82, 2.24) is 14.9 Å². The number of rotatable bonds is 7. The molecule has 8 heteroatoms. The smallest absolute Gasteiger partial charge is 0.262 e. The van der Waals surface area contributed by atoms with Crippen LogP contribution in [-0.2, 0) is 13.1 Å². The fourth-order valence-corrected chi connectivity index (χ4v) is 3.93. The Kier molecular flexibility index (Phi) is 6.55. The average Bonchev–Trinajstić information content (AvgIpc) is 2.85. The highest BCUT2D eigenvalue weighted by atomic mass is 32.1. The molecule has 0 bridgehead atoms. The van der Waals surface area contributed by atoms with Crippen LogP contribution >= 0.6 is 12.2 Å². The van der Waals surface area contributed by atoms with E-state index in [0.29, 0.717) is 34.5 Å². The van der Waals surface area contributed by atoms with Crippen LogP contribution in [-0.4, -0.2) is 29.7 Å². The largest absolute Gasteiger partial charge is 0.496 e. The minimum atomic E-state index is -0.264. The van der Waals surface area contributed by atoms with E-state index in [1.165, 1.54) is 4.57 Å². The van der Waals surface area contributed by atoms with Crippen LogP contribution in [0, 0.1) is 4.77 Å². The van der Waals surface area contributed by atoms with E-state index in [4.69, 9.17) is 21.7 Å². The number of benzene rings is 3. The number of H-pyrrole nitrogens is 1. The first kappa shape index (κ1) is 22.3. The van der Waals surface area contributed by atoms with E-state index < -0.39 is 0 Å². The lowest BCUT2D eigenvalue weighted by Crippen LogP contribution is -2.25. The summed E-state index contributed by atoms with van der Waals surface area (Å²) in [4.78, 5) is 28.9. The summed E-state index contributed by atoms with van der Waals surface area (Å²) >= 11 is 5.45. The van der Waals surface area contributed by atoms with Gasteiger partial charge in [-0.1, -0.05) is 36.4 Å². The lowest BCUT2D eigenvalue weighted by Gasteiger charge is -2.12. The van der Waals surface area contributed by atoms with Gasteiger partial charge < -0.3 is 19.8 Å². The number of carbonyl (C=O) groups is 1. The Balaban J connectivity index is 1.61. The maximum Gasteiger partial charge on any atom is 0.262 e. The van der Waals surface area contributed by atoms with Crippen LogP contribution in [0.5, 0.6) is 11.5 Å². The number of nitrogens with one attached hydrogen (secondary N) is 2. The Morgan fingerprint density at radius 3 is 2.30 bits per heavy atom. The van der Waals surface area contributed by atoms with Gasteiger partial charge in [0.2, 0.25) is 0 Å². The molecule has 0 unspecified atom stereocenters. The summed E-state index contributed by atoms with van der Waals surface area (Å²) in [7, 11) is 3.18. The molecule has 168 valence electrons. The maximum absolute atomic E-state index is 13.1. The molecule has 1 amide bonds. The topological polar surface area (TPSA) is 85.3 Å². The second kappa shape index (κ2) is 9.70. The van der Waals surface area contributed by atoms with Crippen molar-refractivity contribution in [2.75, 3.05) is 14.2 Å². The van der Waals surface area contributed by atoms with Crippen LogP contribution in [0.3, 0.4) is 0 Å². The number of methoxy groups -OCH3 is 2. The normalized spacial score (nSPS) is 10.7. The zero-order valence-electron chi connectivity index (χ0n) is 18.3. The van der Waals surface area contributed by atoms with Gasteiger partial charge >= 0.3 is 0 Å². The van der Waals surface area contributed by atoms with Crippen LogP contribution in [0.25, 0.3) is 10.9 Å². The second-order valence-electron chi connectivity index (χ2n) is 7.39. The number of hydrogen-bond acceptors (Lipinski definition) is 5. The average molecular weight is 462 g/mol. The van der Waals surface area contributed by atoms with E-state index in [1.807, 2.05) is 48.5 Å². The maximum atomic E-state index is 13.1. The minimum absolute atomic E-state index is 0.236. The van der Waals surface area contributed by atoms with Crippen molar-refractivity contribution in [3.05, 3.63) is 98.5 Å². The lowest BCUT2D eigenvalue weighted by atomic mass is 10.1. The number of aromatic amines is 1. The van der Waals surface area contributed by atoms with Gasteiger partial charge in [0.1, 0.15) is 11.5 Å². The molecule has 0 spiro atoms. The molecule has 2 N–H and O–H groups in total. The zero-order chi connectivity index (χ0) is 23.4. The minimum Gasteiger partial charge on any atom is -0.496 e. The molecule has 7 nitrogen and oxygen atoms in total. The first-order chi connectivity index (χ1) is 16.0. The Morgan fingerprint density at radius 1 is 0.970 bits per heavy atom. The lowest BCUT2D eigenvalue weighted by molar-refractivity contribution is 0.0951. The van der Waals surface area contributed by atoms with Gasteiger partial charge in [0.15, 0.2) is 4.77 Å². The van der Waals surface area contributed by atoms with Crippen molar-refractivity contribution >= 4 is 29.0 Å². The number of para-hydroxylation sites is 2. The summed E-state index contributed by atoms with van der Waals surface area (Å²) in [6.45, 7) is 0.590. The third kappa shape index (κ3) is 4.65. The first-order valence-corrected chi connectivity index (χ1v) is 10.7. The number of fused-ring (bicyclic) bond motifs is 1. The standard InChI is InChI=1S/C25H23N3O4S/c1-31-21-9-5-3-7-17(21)14-26-23(29)16-11-12-19-20(13-16)27-25(33)28(24(19)30)15-18-8-4-6-10-22(18)32-2/h3-13H,14-15H2,1-2H3,(H,26,29)(H,27,33). The van der Waals surface area contributed by atoms with Crippen LogP contribution in [0.15, 0.2) is 71.5 Å². The Bertz CT molecular complexity index is 1440. The monoisotopic (exact) mass is 461 g/mol. The molecule has 0 saturated carbocycles. The molecule has 0 saturated heterocycles. The van der Waals surface area contributed by atoms with Crippen molar-refractivity contribution in [2.24, 2.45) is 0 Å². The summed E-state index contributed by atoms with van der Waals surface area (Å²) in [6.07, 6.45) is 0. The molecule has 0 aliphatic carbocycles. The van der Waals surface area contributed by atoms with E-state index in [2.05, 4.69) is 10.3 Å². The van der Waals surface area contributed by atoms with Gasteiger partial charge in [-0.15, -0.1) is 0 Å². The van der Waals surface area contributed by atoms with E-state index in [1.54, 1.807) is 32.4 Å². The fourth-order valence-electron chi connectivity index (χ4n) is 3.67. The molecule has 0 fully saturated rings. The Morgan fingerprint density at radius 2 is 1.61 bits per heavy atom. The highest BCUT2D eigenvalue weighted by Gasteiger charge is 2.13. The number of carbonyl (C=O) groups excluding carboxylic acids is 1. The Labute approximate surface area is 195 Å². The van der Waals surface area contributed by atoms with Crippen molar-refractivity contribution in [3.63, 3.8) is 0 Å². The van der Waals surface area contributed by atoms with Crippen LogP contribution < -0.4 is 20.3 Å². The van der Waals surface area contributed by atoms with Crippen molar-refractivity contribution in [2.45, 2.75) is 13.1 Å². The molecule has 0 radical (unpaired) electrons. The van der Waals surface area contributed by atoms with Gasteiger partial charge in [0.05, 0.1) is 31.7 Å². The molecule has 33 heavy (non-hydrogen) atoms. The summed E-state index contributed by atoms with van der Waals surface area (Å²) in [6, 6.07) is 19.9. The quantitative estimate of drug-likeness (QED) is 0.406. The molecule has 0 aliphatic rings.